The van der Waals surface area contributed by atoms with Crippen LogP contribution in [0, 0.1) is 0 Å². The van der Waals surface area contributed by atoms with Crippen molar-refractivity contribution in [2.75, 3.05) is 18.0 Å². The van der Waals surface area contributed by atoms with Crippen molar-refractivity contribution in [3.63, 3.8) is 0 Å². The third-order valence-electron chi connectivity index (χ3n) is 6.07. The van der Waals surface area contributed by atoms with Crippen LogP contribution in [0.2, 0.25) is 0 Å². The lowest BCUT2D eigenvalue weighted by Crippen LogP contribution is -2.39. The number of anilines is 1. The van der Waals surface area contributed by atoms with Gasteiger partial charge < -0.3 is 9.64 Å². The fraction of sp³-hybridized carbons (Fsp3) is 0.400. The summed E-state index contributed by atoms with van der Waals surface area (Å²) in [7, 11) is -5.27. The second-order valence-corrected chi connectivity index (χ2v) is 10.9. The molecule has 8 nitrogen and oxygen atoms in total. The number of aryl methyl sites for hydroxylation is 1. The standard InChI is InChI=1S/C25H27F3N4O4S/c1-2-3-19-15-29-24(30-16-19)31-11-8-21(9-12-31)36-22-10-13-32(23(33)14-22)20-6-4-18(5-7-20)17-37(34,35)25(26,27)28/h4-7,10,13-16,21H,2-3,8-9,11-12,17H2,1H3. The van der Waals surface area contributed by atoms with Crippen LogP contribution in [0.5, 0.6) is 5.75 Å². The summed E-state index contributed by atoms with van der Waals surface area (Å²) in [6.45, 7) is 3.57. The van der Waals surface area contributed by atoms with Crippen molar-refractivity contribution < 1.29 is 26.3 Å². The predicted octanol–water partition coefficient (Wildman–Crippen LogP) is 4.06. The molecule has 0 radical (unpaired) electrons. The van der Waals surface area contributed by atoms with Gasteiger partial charge in [-0.15, -0.1) is 0 Å². The SMILES string of the molecule is CCCc1cnc(N2CCC(Oc3ccn(-c4ccc(CS(=O)(=O)C(F)(F)F)cc4)c(=O)c3)CC2)nc1. The maximum absolute atomic E-state index is 12.7. The van der Waals surface area contributed by atoms with Gasteiger partial charge in [0.15, 0.2) is 0 Å². The largest absolute Gasteiger partial charge is 0.497 e. The minimum atomic E-state index is -5.32. The molecule has 3 aromatic rings. The molecule has 0 spiro atoms. The van der Waals surface area contributed by atoms with Crippen molar-refractivity contribution in [2.45, 2.75) is 50.0 Å². The van der Waals surface area contributed by atoms with Crippen molar-refractivity contribution in [3.05, 3.63) is 76.5 Å². The fourth-order valence-corrected chi connectivity index (χ4v) is 4.89. The van der Waals surface area contributed by atoms with Crippen molar-refractivity contribution >= 4 is 15.8 Å². The number of ether oxygens (including phenoxy) is 1. The summed E-state index contributed by atoms with van der Waals surface area (Å²) in [6.07, 6.45) is 8.65. The zero-order valence-corrected chi connectivity index (χ0v) is 21.0. The quantitative estimate of drug-likeness (QED) is 0.429. The van der Waals surface area contributed by atoms with Gasteiger partial charge in [0, 0.05) is 56.3 Å². The van der Waals surface area contributed by atoms with E-state index in [1.165, 1.54) is 41.1 Å². The summed E-state index contributed by atoms with van der Waals surface area (Å²) in [4.78, 5) is 23.7. The van der Waals surface area contributed by atoms with E-state index in [0.717, 1.165) is 44.3 Å². The number of benzene rings is 1. The molecule has 0 atom stereocenters. The van der Waals surface area contributed by atoms with Crippen LogP contribution in [-0.4, -0.2) is 47.7 Å². The molecule has 198 valence electrons. The first-order valence-corrected chi connectivity index (χ1v) is 13.5. The molecule has 3 heterocycles. The number of nitrogens with zero attached hydrogens (tertiary/aromatic N) is 4. The lowest BCUT2D eigenvalue weighted by Gasteiger charge is -2.32. The third kappa shape index (κ3) is 6.48. The highest BCUT2D eigenvalue weighted by molar-refractivity contribution is 7.91. The van der Waals surface area contributed by atoms with Gasteiger partial charge in [0.2, 0.25) is 5.95 Å². The molecule has 0 unspecified atom stereocenters. The topological polar surface area (TPSA) is 94.4 Å². The van der Waals surface area contributed by atoms with Gasteiger partial charge in [-0.3, -0.25) is 9.36 Å². The van der Waals surface area contributed by atoms with Crippen LogP contribution in [-0.2, 0) is 22.0 Å². The number of sulfone groups is 1. The van der Waals surface area contributed by atoms with Gasteiger partial charge in [0.1, 0.15) is 11.9 Å². The van der Waals surface area contributed by atoms with Crippen molar-refractivity contribution in [2.24, 2.45) is 0 Å². The second kappa shape index (κ2) is 10.9. The average molecular weight is 537 g/mol. The van der Waals surface area contributed by atoms with Crippen LogP contribution in [0.3, 0.4) is 0 Å². The molecular weight excluding hydrogens is 509 g/mol. The van der Waals surface area contributed by atoms with Crippen LogP contribution in [0.25, 0.3) is 5.69 Å². The molecule has 1 saturated heterocycles. The highest BCUT2D eigenvalue weighted by atomic mass is 32.2. The van der Waals surface area contributed by atoms with Gasteiger partial charge >= 0.3 is 5.51 Å². The lowest BCUT2D eigenvalue weighted by molar-refractivity contribution is -0.0437. The van der Waals surface area contributed by atoms with Gasteiger partial charge in [0.05, 0.1) is 5.75 Å². The molecule has 1 fully saturated rings. The summed E-state index contributed by atoms with van der Waals surface area (Å²) in [5.74, 6) is -0.0382. The Morgan fingerprint density at radius 2 is 1.68 bits per heavy atom. The number of pyridine rings is 1. The van der Waals surface area contributed by atoms with E-state index in [4.69, 9.17) is 4.74 Å². The fourth-order valence-electron chi connectivity index (χ4n) is 4.10. The Labute approximate surface area is 212 Å². The molecule has 1 aliphatic heterocycles. The summed E-state index contributed by atoms with van der Waals surface area (Å²) >= 11 is 0. The highest BCUT2D eigenvalue weighted by Crippen LogP contribution is 2.27. The smallest absolute Gasteiger partial charge is 0.490 e. The molecule has 0 N–H and O–H groups in total. The first-order chi connectivity index (χ1) is 17.6. The molecule has 2 aromatic heterocycles. The molecular formula is C25H27F3N4O4S. The van der Waals surface area contributed by atoms with Crippen LogP contribution in [0.15, 0.2) is 59.8 Å². The molecule has 12 heteroatoms. The first-order valence-electron chi connectivity index (χ1n) is 11.9. The van der Waals surface area contributed by atoms with E-state index < -0.39 is 21.1 Å². The van der Waals surface area contributed by atoms with Crippen LogP contribution < -0.4 is 15.2 Å². The minimum Gasteiger partial charge on any atom is -0.490 e. The van der Waals surface area contributed by atoms with Gasteiger partial charge in [0.25, 0.3) is 15.4 Å². The van der Waals surface area contributed by atoms with E-state index in [1.54, 1.807) is 6.07 Å². The number of aromatic nitrogens is 3. The molecule has 1 aliphatic rings. The van der Waals surface area contributed by atoms with E-state index in [1.807, 2.05) is 12.4 Å². The summed E-state index contributed by atoms with van der Waals surface area (Å²) in [6, 6.07) is 8.30. The van der Waals surface area contributed by atoms with Gasteiger partial charge in [-0.2, -0.15) is 13.2 Å². The number of hydrogen-bond donors (Lipinski definition) is 0. The van der Waals surface area contributed by atoms with E-state index in [-0.39, 0.29) is 17.2 Å². The monoisotopic (exact) mass is 536 g/mol. The average Bonchev–Trinajstić information content (AvgIpc) is 2.85. The molecule has 0 amide bonds. The molecule has 4 rings (SSSR count). The molecule has 1 aromatic carbocycles. The molecule has 0 saturated carbocycles. The number of alkyl halides is 3. The Morgan fingerprint density at radius 3 is 2.24 bits per heavy atom. The number of piperidine rings is 1. The Bertz CT molecular complexity index is 1370. The Morgan fingerprint density at radius 1 is 1.03 bits per heavy atom. The summed E-state index contributed by atoms with van der Waals surface area (Å²) in [5.41, 5.74) is -4.22. The maximum Gasteiger partial charge on any atom is 0.497 e. The van der Waals surface area contributed by atoms with Crippen molar-refractivity contribution in [3.8, 4) is 11.4 Å². The Hall–Kier alpha value is -3.41. The van der Waals surface area contributed by atoms with Crippen LogP contribution in [0.4, 0.5) is 19.1 Å². The van der Waals surface area contributed by atoms with E-state index in [0.29, 0.717) is 17.4 Å². The zero-order chi connectivity index (χ0) is 26.6. The molecule has 37 heavy (non-hydrogen) atoms. The Balaban J connectivity index is 1.35. The van der Waals surface area contributed by atoms with Crippen molar-refractivity contribution in [1.82, 2.24) is 14.5 Å². The molecule has 0 bridgehead atoms. The normalized spacial score (nSPS) is 15.1. The predicted molar refractivity (Wildman–Crippen MR) is 133 cm³/mol. The van der Waals surface area contributed by atoms with Crippen molar-refractivity contribution in [1.29, 1.82) is 0 Å². The highest BCUT2D eigenvalue weighted by Gasteiger charge is 2.45. The third-order valence-corrected chi connectivity index (χ3v) is 7.49. The van der Waals surface area contributed by atoms with E-state index in [2.05, 4.69) is 21.8 Å². The lowest BCUT2D eigenvalue weighted by atomic mass is 10.1. The van der Waals surface area contributed by atoms with E-state index in [9.17, 15) is 26.4 Å². The van der Waals surface area contributed by atoms with Gasteiger partial charge in [-0.25, -0.2) is 18.4 Å². The first kappa shape index (κ1) is 26.6. The van der Waals surface area contributed by atoms with E-state index >= 15 is 0 Å². The van der Waals surface area contributed by atoms with Crippen LogP contribution >= 0.6 is 0 Å². The maximum atomic E-state index is 12.7. The summed E-state index contributed by atoms with van der Waals surface area (Å²) < 4.78 is 67.8. The summed E-state index contributed by atoms with van der Waals surface area (Å²) in [5, 5.41) is 0. The number of hydrogen-bond acceptors (Lipinski definition) is 7. The van der Waals surface area contributed by atoms with Crippen LogP contribution in [0.1, 0.15) is 37.3 Å². The van der Waals surface area contributed by atoms with Gasteiger partial charge in [-0.1, -0.05) is 25.5 Å². The number of halogens is 3. The second-order valence-electron chi connectivity index (χ2n) is 8.89. The minimum absolute atomic E-state index is 0.0253. The zero-order valence-electron chi connectivity index (χ0n) is 20.2. The van der Waals surface area contributed by atoms with Gasteiger partial charge in [-0.05, 0) is 35.7 Å². The number of rotatable bonds is 8. The Kier molecular flexibility index (Phi) is 7.86. The molecule has 0 aliphatic carbocycles.